The van der Waals surface area contributed by atoms with Crippen molar-refractivity contribution in [3.05, 3.63) is 126 Å². The number of hydrogen-bond acceptors (Lipinski definition) is 6. The number of urea groups is 1. The summed E-state index contributed by atoms with van der Waals surface area (Å²) >= 11 is 0. The number of hydroxylamine groups is 1. The Morgan fingerprint density at radius 1 is 0.872 bits per heavy atom. The van der Waals surface area contributed by atoms with E-state index in [1.807, 2.05) is 6.07 Å². The topological polar surface area (TPSA) is 117 Å². The molecule has 1 unspecified atom stereocenters. The molecule has 196 valence electrons. The number of fused-ring (bicyclic) bond motifs is 1. The molecule has 0 spiro atoms. The maximum Gasteiger partial charge on any atom is 0.349 e. The lowest BCUT2D eigenvalue weighted by Gasteiger charge is -2.23. The Kier molecular flexibility index (Phi) is 7.17. The third-order valence-electron chi connectivity index (χ3n) is 5.71. The number of benzodiazepines with no additional fused rings is 1. The molecular weight excluding hydrogens is 523 g/mol. The normalized spacial score (nSPS) is 14.8. The summed E-state index contributed by atoms with van der Waals surface area (Å²) in [7, 11) is -4.57. The Morgan fingerprint density at radius 3 is 2.21 bits per heavy atom. The predicted octanol–water partition coefficient (Wildman–Crippen LogP) is 4.48. The molecule has 0 bridgehead atoms. The molecule has 1 aliphatic rings. The van der Waals surface area contributed by atoms with E-state index in [9.17, 15) is 22.4 Å². The number of nitrogens with one attached hydrogen (secondary N) is 2. The molecule has 39 heavy (non-hydrogen) atoms. The SMILES string of the molecule is O=C1Nc2ccccc2C(c2ccccc2)=NC1NC(=O)N(OS(=O)(=O)c1ccccc1)c1ccccc1F. The standard InChI is InChI=1S/C28H21FN4O5S/c29-22-16-8-10-18-24(22)33(38-39(36,37)20-13-5-2-6-14-20)28(35)32-26-27(34)30-23-17-9-7-15-21(23)25(31-26)19-11-3-1-4-12-19/h1-18,26H,(H,30,34)(H,32,35). The molecule has 0 fully saturated rings. The molecule has 0 radical (unpaired) electrons. The lowest BCUT2D eigenvalue weighted by molar-refractivity contribution is -0.117. The second-order valence-corrected chi connectivity index (χ2v) is 9.85. The van der Waals surface area contributed by atoms with Crippen LogP contribution in [0.1, 0.15) is 11.1 Å². The van der Waals surface area contributed by atoms with Crippen LogP contribution in [0.2, 0.25) is 0 Å². The van der Waals surface area contributed by atoms with Crippen LogP contribution < -0.4 is 15.7 Å². The minimum atomic E-state index is -4.57. The van der Waals surface area contributed by atoms with Gasteiger partial charge in [-0.15, -0.1) is 9.35 Å². The van der Waals surface area contributed by atoms with Gasteiger partial charge in [-0.1, -0.05) is 78.9 Å². The molecule has 1 atom stereocenters. The number of benzene rings is 4. The number of amides is 3. The van der Waals surface area contributed by atoms with Gasteiger partial charge in [0.25, 0.3) is 5.91 Å². The van der Waals surface area contributed by atoms with E-state index in [0.717, 1.165) is 12.1 Å². The van der Waals surface area contributed by atoms with E-state index in [1.54, 1.807) is 54.6 Å². The van der Waals surface area contributed by atoms with Gasteiger partial charge >= 0.3 is 16.1 Å². The van der Waals surface area contributed by atoms with Gasteiger partial charge in [-0.3, -0.25) is 4.79 Å². The summed E-state index contributed by atoms with van der Waals surface area (Å²) in [5.74, 6) is -1.62. The van der Waals surface area contributed by atoms with E-state index in [1.165, 1.54) is 36.4 Å². The van der Waals surface area contributed by atoms with Gasteiger partial charge in [0.05, 0.1) is 16.3 Å². The van der Waals surface area contributed by atoms with Crippen molar-refractivity contribution >= 4 is 39.1 Å². The molecule has 4 aromatic carbocycles. The molecule has 1 heterocycles. The number of hydrogen-bond donors (Lipinski definition) is 2. The van der Waals surface area contributed by atoms with Crippen molar-refractivity contribution in [2.24, 2.45) is 4.99 Å². The number of rotatable bonds is 6. The van der Waals surface area contributed by atoms with Crippen LogP contribution in [-0.4, -0.2) is 32.2 Å². The number of nitrogens with zero attached hydrogens (tertiary/aromatic N) is 2. The predicted molar refractivity (Wildman–Crippen MR) is 143 cm³/mol. The quantitative estimate of drug-likeness (QED) is 0.347. The summed E-state index contributed by atoms with van der Waals surface area (Å²) in [5.41, 5.74) is 1.68. The van der Waals surface area contributed by atoms with E-state index in [2.05, 4.69) is 15.6 Å². The number of anilines is 2. The molecule has 2 N–H and O–H groups in total. The third kappa shape index (κ3) is 5.54. The molecule has 0 saturated heterocycles. The third-order valence-corrected chi connectivity index (χ3v) is 6.91. The average molecular weight is 545 g/mol. The highest BCUT2D eigenvalue weighted by Crippen LogP contribution is 2.26. The van der Waals surface area contributed by atoms with E-state index in [4.69, 9.17) is 4.28 Å². The Balaban J connectivity index is 1.53. The summed E-state index contributed by atoms with van der Waals surface area (Å²) in [6, 6.07) is 26.8. The maximum atomic E-state index is 14.8. The number of carbonyl (C=O) groups is 2. The second kappa shape index (κ2) is 10.9. The minimum Gasteiger partial charge on any atom is -0.322 e. The minimum absolute atomic E-state index is 0.251. The fourth-order valence-corrected chi connectivity index (χ4v) is 4.81. The molecule has 0 saturated carbocycles. The molecule has 5 rings (SSSR count). The fourth-order valence-electron chi connectivity index (χ4n) is 3.88. The zero-order valence-corrected chi connectivity index (χ0v) is 21.0. The van der Waals surface area contributed by atoms with Gasteiger partial charge in [0, 0.05) is 11.1 Å². The first-order valence-electron chi connectivity index (χ1n) is 11.7. The lowest BCUT2D eigenvalue weighted by Crippen LogP contribution is -2.49. The van der Waals surface area contributed by atoms with Gasteiger partial charge in [-0.2, -0.15) is 8.42 Å². The van der Waals surface area contributed by atoms with Crippen LogP contribution in [0.25, 0.3) is 0 Å². The summed E-state index contributed by atoms with van der Waals surface area (Å²) < 4.78 is 45.8. The highest BCUT2D eigenvalue weighted by molar-refractivity contribution is 7.86. The van der Waals surface area contributed by atoms with Crippen molar-refractivity contribution in [1.82, 2.24) is 5.32 Å². The van der Waals surface area contributed by atoms with Gasteiger partial charge in [-0.05, 0) is 30.3 Å². The Bertz CT molecular complexity index is 1660. The van der Waals surface area contributed by atoms with Gasteiger partial charge in [0.15, 0.2) is 0 Å². The molecule has 11 heteroatoms. The molecule has 9 nitrogen and oxygen atoms in total. The van der Waals surface area contributed by atoms with Crippen molar-refractivity contribution in [1.29, 1.82) is 0 Å². The Morgan fingerprint density at radius 2 is 1.49 bits per heavy atom. The van der Waals surface area contributed by atoms with Crippen molar-refractivity contribution in [2.45, 2.75) is 11.1 Å². The lowest BCUT2D eigenvalue weighted by atomic mass is 10.0. The van der Waals surface area contributed by atoms with Crippen LogP contribution in [0.15, 0.2) is 119 Å². The van der Waals surface area contributed by atoms with Crippen LogP contribution in [0, 0.1) is 5.82 Å². The van der Waals surface area contributed by atoms with Crippen LogP contribution in [0.5, 0.6) is 0 Å². The van der Waals surface area contributed by atoms with E-state index in [-0.39, 0.29) is 9.96 Å². The van der Waals surface area contributed by atoms with Gasteiger partial charge in [-0.25, -0.2) is 14.2 Å². The summed E-state index contributed by atoms with van der Waals surface area (Å²) in [6.07, 6.45) is -1.52. The van der Waals surface area contributed by atoms with Gasteiger partial charge in [0.2, 0.25) is 6.17 Å². The van der Waals surface area contributed by atoms with E-state index >= 15 is 0 Å². The number of para-hydroxylation sites is 2. The maximum absolute atomic E-state index is 14.8. The van der Waals surface area contributed by atoms with Crippen molar-refractivity contribution in [2.75, 3.05) is 10.4 Å². The smallest absolute Gasteiger partial charge is 0.322 e. The van der Waals surface area contributed by atoms with E-state index < -0.39 is 39.7 Å². The molecular formula is C28H21FN4O5S. The molecule has 3 amide bonds. The monoisotopic (exact) mass is 544 g/mol. The van der Waals surface area contributed by atoms with Crippen molar-refractivity contribution in [3.8, 4) is 0 Å². The Labute approximate surface area is 223 Å². The van der Waals surface area contributed by atoms with Gasteiger partial charge < -0.3 is 10.6 Å². The van der Waals surface area contributed by atoms with Crippen LogP contribution in [0.4, 0.5) is 20.6 Å². The molecule has 1 aliphatic heterocycles. The van der Waals surface area contributed by atoms with Crippen LogP contribution in [0.3, 0.4) is 0 Å². The van der Waals surface area contributed by atoms with Crippen LogP contribution in [-0.2, 0) is 19.2 Å². The Hall–Kier alpha value is -4.87. The van der Waals surface area contributed by atoms with Crippen LogP contribution >= 0.6 is 0 Å². The first-order valence-corrected chi connectivity index (χ1v) is 13.1. The zero-order valence-electron chi connectivity index (χ0n) is 20.2. The van der Waals surface area contributed by atoms with Gasteiger partial charge in [0.1, 0.15) is 11.5 Å². The number of aliphatic imine (C=N–C) groups is 1. The second-order valence-electron chi connectivity index (χ2n) is 8.32. The van der Waals surface area contributed by atoms with E-state index in [0.29, 0.717) is 22.5 Å². The first kappa shape index (κ1) is 25.8. The zero-order chi connectivity index (χ0) is 27.4. The molecule has 0 aliphatic carbocycles. The molecule has 4 aromatic rings. The largest absolute Gasteiger partial charge is 0.349 e. The first-order chi connectivity index (χ1) is 18.8. The number of carbonyl (C=O) groups excluding carboxylic acids is 2. The summed E-state index contributed by atoms with van der Waals surface area (Å²) in [5, 5.41) is 5.35. The highest BCUT2D eigenvalue weighted by atomic mass is 32.2. The summed E-state index contributed by atoms with van der Waals surface area (Å²) in [6.45, 7) is 0. The highest BCUT2D eigenvalue weighted by Gasteiger charge is 2.33. The summed E-state index contributed by atoms with van der Waals surface area (Å²) in [4.78, 5) is 30.8. The average Bonchev–Trinajstić information content (AvgIpc) is 3.09. The fraction of sp³-hybridized carbons (Fsp3) is 0.0357. The number of halogens is 1. The molecule has 0 aromatic heterocycles. The van der Waals surface area contributed by atoms with Crippen molar-refractivity contribution in [3.63, 3.8) is 0 Å². The van der Waals surface area contributed by atoms with Crippen molar-refractivity contribution < 1.29 is 26.7 Å².